The molecule has 3 aromatic rings. The van der Waals surface area contributed by atoms with Crippen LogP contribution in [-0.4, -0.2) is 45.9 Å². The minimum absolute atomic E-state index is 0.0276. The van der Waals surface area contributed by atoms with Gasteiger partial charge in [-0.15, -0.1) is 0 Å². The summed E-state index contributed by atoms with van der Waals surface area (Å²) in [5, 5.41) is 3.37. The standard InChI is InChI=1S/C23H23ClFN5O3/c24-17-6-3-4-13(21(17)25)10-28-22(32)19-9-15(26)12-29(19)20(31)8-14-11-30(23(27)33)18-7-2-1-5-16(14)18/h1-7,11,15,19H,8-10,12,26H2,(H2,27,33)(H,28,32). The van der Waals surface area contributed by atoms with Gasteiger partial charge in [0.15, 0.2) is 0 Å². The minimum atomic E-state index is -0.778. The van der Waals surface area contributed by atoms with Crippen molar-refractivity contribution in [3.63, 3.8) is 0 Å². The van der Waals surface area contributed by atoms with Gasteiger partial charge in [0.1, 0.15) is 11.9 Å². The molecule has 4 rings (SSSR count). The molecule has 1 aromatic heterocycles. The molecule has 0 spiro atoms. The molecular weight excluding hydrogens is 449 g/mol. The molecule has 2 heterocycles. The molecule has 33 heavy (non-hydrogen) atoms. The Bertz CT molecular complexity index is 1240. The third-order valence-corrected chi connectivity index (χ3v) is 6.11. The van der Waals surface area contributed by atoms with Gasteiger partial charge in [-0.05, 0) is 24.1 Å². The summed E-state index contributed by atoms with van der Waals surface area (Å²) in [6.07, 6.45) is 1.80. The van der Waals surface area contributed by atoms with E-state index in [1.807, 2.05) is 0 Å². The number of nitrogens with zero attached hydrogens (tertiary/aromatic N) is 2. The van der Waals surface area contributed by atoms with Crippen LogP contribution in [0.4, 0.5) is 9.18 Å². The number of nitrogens with one attached hydrogen (secondary N) is 1. The molecule has 2 aromatic carbocycles. The summed E-state index contributed by atoms with van der Waals surface area (Å²) >= 11 is 5.79. The van der Waals surface area contributed by atoms with Gasteiger partial charge in [0.25, 0.3) is 0 Å². The van der Waals surface area contributed by atoms with Gasteiger partial charge in [-0.25, -0.2) is 9.18 Å². The number of para-hydroxylation sites is 1. The van der Waals surface area contributed by atoms with E-state index in [-0.39, 0.29) is 42.0 Å². The van der Waals surface area contributed by atoms with Crippen molar-refractivity contribution >= 4 is 40.3 Å². The van der Waals surface area contributed by atoms with Gasteiger partial charge < -0.3 is 21.7 Å². The quantitative estimate of drug-likeness (QED) is 0.527. The van der Waals surface area contributed by atoms with Crippen LogP contribution in [0.5, 0.6) is 0 Å². The van der Waals surface area contributed by atoms with E-state index in [0.29, 0.717) is 17.5 Å². The normalized spacial score (nSPS) is 18.0. The molecule has 2 atom stereocenters. The predicted octanol–water partition coefficient (Wildman–Crippen LogP) is 2.15. The maximum atomic E-state index is 14.1. The fourth-order valence-electron chi connectivity index (χ4n) is 4.22. The molecule has 0 aliphatic carbocycles. The zero-order valence-electron chi connectivity index (χ0n) is 17.6. The van der Waals surface area contributed by atoms with E-state index >= 15 is 0 Å². The second kappa shape index (κ2) is 9.21. The molecule has 10 heteroatoms. The average molecular weight is 472 g/mol. The summed E-state index contributed by atoms with van der Waals surface area (Å²) in [5.74, 6) is -1.32. The maximum Gasteiger partial charge on any atom is 0.323 e. The zero-order chi connectivity index (χ0) is 23.7. The third kappa shape index (κ3) is 4.55. The second-order valence-corrected chi connectivity index (χ2v) is 8.45. The van der Waals surface area contributed by atoms with Crippen LogP contribution in [0.15, 0.2) is 48.7 Å². The number of nitrogens with two attached hydrogens (primary N) is 2. The lowest BCUT2D eigenvalue weighted by Gasteiger charge is -2.24. The van der Waals surface area contributed by atoms with E-state index in [2.05, 4.69) is 5.32 Å². The first-order chi connectivity index (χ1) is 15.8. The Morgan fingerprint density at radius 2 is 1.88 bits per heavy atom. The number of primary amides is 1. The van der Waals surface area contributed by atoms with Crippen molar-refractivity contribution in [2.45, 2.75) is 31.5 Å². The van der Waals surface area contributed by atoms with Crippen LogP contribution in [0, 0.1) is 5.82 Å². The molecule has 1 aliphatic heterocycles. The average Bonchev–Trinajstić information content (AvgIpc) is 3.36. The minimum Gasteiger partial charge on any atom is -0.351 e. The molecule has 172 valence electrons. The number of rotatable bonds is 5. The lowest BCUT2D eigenvalue weighted by molar-refractivity contribution is -0.138. The monoisotopic (exact) mass is 471 g/mol. The van der Waals surface area contributed by atoms with Crippen molar-refractivity contribution in [2.24, 2.45) is 11.5 Å². The molecule has 3 amide bonds. The zero-order valence-corrected chi connectivity index (χ0v) is 18.4. The molecule has 0 radical (unpaired) electrons. The van der Waals surface area contributed by atoms with E-state index in [4.69, 9.17) is 23.1 Å². The van der Waals surface area contributed by atoms with Crippen LogP contribution in [0.1, 0.15) is 17.5 Å². The Morgan fingerprint density at radius 3 is 2.64 bits per heavy atom. The predicted molar refractivity (Wildman–Crippen MR) is 122 cm³/mol. The Labute approximate surface area is 194 Å². The number of halogens is 2. The SMILES string of the molecule is NC(=O)n1cc(CC(=O)N2CC(N)CC2C(=O)NCc2cccc(Cl)c2F)c2ccccc21. The van der Waals surface area contributed by atoms with Crippen LogP contribution in [0.3, 0.4) is 0 Å². The van der Waals surface area contributed by atoms with Gasteiger partial charge in [0.05, 0.1) is 17.0 Å². The molecule has 1 aliphatic rings. The Balaban J connectivity index is 1.50. The topological polar surface area (TPSA) is 123 Å². The highest BCUT2D eigenvalue weighted by molar-refractivity contribution is 6.30. The Hall–Kier alpha value is -3.43. The number of carbonyl (C=O) groups excluding carboxylic acids is 3. The molecular formula is C23H23ClFN5O3. The van der Waals surface area contributed by atoms with Crippen LogP contribution in [0.2, 0.25) is 5.02 Å². The summed E-state index contributed by atoms with van der Waals surface area (Å²) in [4.78, 5) is 39.2. The number of fused-ring (bicyclic) bond motifs is 1. The van der Waals surface area contributed by atoms with Crippen LogP contribution in [-0.2, 0) is 22.6 Å². The van der Waals surface area contributed by atoms with Gasteiger partial charge in [0.2, 0.25) is 11.8 Å². The summed E-state index contributed by atoms with van der Waals surface area (Å²) in [6.45, 7) is 0.155. The molecule has 2 unspecified atom stereocenters. The van der Waals surface area contributed by atoms with Crippen LogP contribution in [0.25, 0.3) is 10.9 Å². The number of hydrogen-bond donors (Lipinski definition) is 3. The summed E-state index contributed by atoms with van der Waals surface area (Å²) in [7, 11) is 0. The van der Waals surface area contributed by atoms with Gasteiger partial charge >= 0.3 is 6.03 Å². The fourth-order valence-corrected chi connectivity index (χ4v) is 4.41. The largest absolute Gasteiger partial charge is 0.351 e. The van der Waals surface area contributed by atoms with Crippen molar-refractivity contribution in [1.82, 2.24) is 14.8 Å². The van der Waals surface area contributed by atoms with E-state index in [9.17, 15) is 18.8 Å². The molecule has 0 saturated carbocycles. The van der Waals surface area contributed by atoms with E-state index < -0.39 is 23.8 Å². The number of likely N-dealkylation sites (tertiary alicyclic amines) is 1. The van der Waals surface area contributed by atoms with Crippen molar-refractivity contribution in [1.29, 1.82) is 0 Å². The Morgan fingerprint density at radius 1 is 1.12 bits per heavy atom. The summed E-state index contributed by atoms with van der Waals surface area (Å²) in [5.41, 5.74) is 13.0. The first kappa shape index (κ1) is 22.8. The number of hydrogen-bond acceptors (Lipinski definition) is 4. The van der Waals surface area contributed by atoms with Gasteiger partial charge in [-0.2, -0.15) is 0 Å². The summed E-state index contributed by atoms with van der Waals surface area (Å²) < 4.78 is 15.4. The lowest BCUT2D eigenvalue weighted by Crippen LogP contribution is -2.46. The van der Waals surface area contributed by atoms with E-state index in [1.165, 1.54) is 27.8 Å². The second-order valence-electron chi connectivity index (χ2n) is 8.04. The first-order valence-electron chi connectivity index (χ1n) is 10.4. The molecule has 5 N–H and O–H groups in total. The van der Waals surface area contributed by atoms with Crippen LogP contribution < -0.4 is 16.8 Å². The van der Waals surface area contributed by atoms with Crippen molar-refractivity contribution in [2.75, 3.05) is 6.54 Å². The fraction of sp³-hybridized carbons (Fsp3) is 0.261. The smallest absolute Gasteiger partial charge is 0.323 e. The molecule has 1 fully saturated rings. The molecule has 1 saturated heterocycles. The van der Waals surface area contributed by atoms with Gasteiger partial charge in [0, 0.05) is 36.3 Å². The third-order valence-electron chi connectivity index (χ3n) is 5.81. The number of amides is 3. The van der Waals surface area contributed by atoms with Crippen molar-refractivity contribution in [3.8, 4) is 0 Å². The number of benzene rings is 2. The lowest BCUT2D eigenvalue weighted by atomic mass is 10.1. The number of carbonyl (C=O) groups is 3. The van der Waals surface area contributed by atoms with Gasteiger partial charge in [-0.3, -0.25) is 14.2 Å². The maximum absolute atomic E-state index is 14.1. The van der Waals surface area contributed by atoms with Gasteiger partial charge in [-0.1, -0.05) is 41.9 Å². The highest BCUT2D eigenvalue weighted by Gasteiger charge is 2.38. The summed E-state index contributed by atoms with van der Waals surface area (Å²) in [6, 6.07) is 9.87. The highest BCUT2D eigenvalue weighted by Crippen LogP contribution is 2.24. The Kier molecular flexibility index (Phi) is 6.35. The molecule has 0 bridgehead atoms. The van der Waals surface area contributed by atoms with Crippen molar-refractivity contribution in [3.05, 3.63) is 70.6 Å². The first-order valence-corrected chi connectivity index (χ1v) is 10.8. The van der Waals surface area contributed by atoms with E-state index in [1.54, 1.807) is 30.3 Å². The number of aromatic nitrogens is 1. The molecule has 8 nitrogen and oxygen atoms in total. The highest BCUT2D eigenvalue weighted by atomic mass is 35.5. The van der Waals surface area contributed by atoms with Crippen LogP contribution >= 0.6 is 11.6 Å². The van der Waals surface area contributed by atoms with Crippen molar-refractivity contribution < 1.29 is 18.8 Å². The van der Waals surface area contributed by atoms with E-state index in [0.717, 1.165) is 5.39 Å².